The topological polar surface area (TPSA) is 155 Å². The molecule has 0 spiro atoms. The van der Waals surface area contributed by atoms with Crippen LogP contribution in [0.5, 0.6) is 0 Å². The fraction of sp³-hybridized carbons (Fsp3) is 0.943. The molecule has 2 aliphatic heterocycles. The predicted molar refractivity (Wildman–Crippen MR) is 284 cm³/mol. The van der Waals surface area contributed by atoms with Gasteiger partial charge in [-0.2, -0.15) is 0 Å². The largest absolute Gasteiger partial charge is 0.469 e. The zero-order valence-corrected chi connectivity index (χ0v) is 49.6. The normalized spacial score (nSPS) is 27.4. The predicted octanol–water partition coefficient (Wildman–Crippen LogP) is 12.9. The van der Waals surface area contributed by atoms with E-state index in [0.29, 0.717) is 38.9 Å². The summed E-state index contributed by atoms with van der Waals surface area (Å²) in [6.07, 6.45) is 17.5. The van der Waals surface area contributed by atoms with E-state index < -0.39 is 16.6 Å². The van der Waals surface area contributed by atoms with Crippen molar-refractivity contribution in [3.05, 3.63) is 0 Å². The Balaban J connectivity index is 0.000000456. The zero-order valence-electron chi connectivity index (χ0n) is 46.1. The number of ether oxygens (including phenoxy) is 7. The van der Waals surface area contributed by atoms with Crippen LogP contribution in [-0.2, 0) is 56.4 Å². The standard InChI is InChI=1S/C27H50O7Si.C25H48O6Si.CH2Cl2/c1-20(28)33-23-18-24(34-26-16-12-13-17-31-26)22(19-32-35(6,7)27(2,3)4)21(23)14-10-8-9-11-15-25(29)30-5;1-25(2,3)32(5,6)30-18-20-19(13-9-7-8-10-14-23(27)28-4)21(26)17-22(20)31-24-15-11-12-16-29-24;2-1-3/h21-24,26H,8-19H2,1-7H3;19-22,24,26H,7-18H2,1-6H3;1H2/t21-,22-,23+,24-,26?;19-,20-,21?,22-,24?;/m11./s1. The van der Waals surface area contributed by atoms with Gasteiger partial charge < -0.3 is 47.1 Å². The van der Waals surface area contributed by atoms with Crippen molar-refractivity contribution in [3.8, 4) is 0 Å². The van der Waals surface area contributed by atoms with Gasteiger partial charge in [0.05, 0.1) is 37.9 Å². The Morgan fingerprint density at radius 3 is 1.37 bits per heavy atom. The van der Waals surface area contributed by atoms with Crippen molar-refractivity contribution in [2.45, 2.75) is 250 Å². The number of aliphatic hydroxyl groups is 1. The van der Waals surface area contributed by atoms with Crippen molar-refractivity contribution < 1.29 is 61.5 Å². The van der Waals surface area contributed by atoms with Gasteiger partial charge in [-0.1, -0.05) is 80.1 Å². The number of carbonyl (C=O) groups is 3. The molecule has 4 fully saturated rings. The van der Waals surface area contributed by atoms with E-state index in [9.17, 15) is 19.5 Å². The summed E-state index contributed by atoms with van der Waals surface area (Å²) in [5, 5.41) is 11.4. The number of methoxy groups -OCH3 is 2. The van der Waals surface area contributed by atoms with Crippen LogP contribution in [0, 0.1) is 23.7 Å². The van der Waals surface area contributed by atoms with Crippen LogP contribution in [-0.4, -0.2) is 123 Å². The van der Waals surface area contributed by atoms with Gasteiger partial charge in [0.15, 0.2) is 29.2 Å². The Hall–Kier alpha value is -0.856. The molecule has 2 saturated carbocycles. The second kappa shape index (κ2) is 33.2. The van der Waals surface area contributed by atoms with Crippen LogP contribution in [0.3, 0.4) is 0 Å². The van der Waals surface area contributed by atoms with E-state index >= 15 is 0 Å². The van der Waals surface area contributed by atoms with Crippen molar-refractivity contribution >= 4 is 57.7 Å². The summed E-state index contributed by atoms with van der Waals surface area (Å²) in [7, 11) is -0.953. The van der Waals surface area contributed by atoms with Crippen LogP contribution in [0.15, 0.2) is 0 Å². The minimum Gasteiger partial charge on any atom is -0.469 e. The lowest BCUT2D eigenvalue weighted by molar-refractivity contribution is -0.198. The first-order valence-electron chi connectivity index (χ1n) is 26.8. The summed E-state index contributed by atoms with van der Waals surface area (Å²) in [6.45, 7) is 27.0. The summed E-state index contributed by atoms with van der Waals surface area (Å²) < 4.78 is 53.2. The van der Waals surface area contributed by atoms with Crippen molar-refractivity contribution in [2.75, 3.05) is 46.0 Å². The molecule has 10 atom stereocenters. The number of halogens is 2. The number of aliphatic hydroxyl groups excluding tert-OH is 1. The number of carbonyl (C=O) groups excluding carboxylic acids is 3. The molecule has 1 N–H and O–H groups in total. The lowest BCUT2D eigenvalue weighted by Gasteiger charge is -2.39. The fourth-order valence-corrected chi connectivity index (χ4v) is 11.6. The number of unbranched alkanes of at least 4 members (excludes halogenated alkanes) is 6. The molecule has 3 unspecified atom stereocenters. The van der Waals surface area contributed by atoms with Gasteiger partial charge in [0.2, 0.25) is 0 Å². The Kier molecular flexibility index (Phi) is 31.0. The number of esters is 3. The van der Waals surface area contributed by atoms with Crippen molar-refractivity contribution in [3.63, 3.8) is 0 Å². The average molecular weight is 1070 g/mol. The van der Waals surface area contributed by atoms with E-state index in [-0.39, 0.29) is 94.0 Å². The average Bonchev–Trinajstić information content (AvgIpc) is 3.76. The second-order valence-electron chi connectivity index (χ2n) is 23.1. The van der Waals surface area contributed by atoms with Crippen LogP contribution >= 0.6 is 23.2 Å². The Bertz CT molecular complexity index is 1450. The number of hydrogen-bond acceptors (Lipinski definition) is 13. The van der Waals surface area contributed by atoms with E-state index in [2.05, 4.69) is 67.7 Å². The second-order valence-corrected chi connectivity index (χ2v) is 33.5. The molecule has 412 valence electrons. The molecule has 4 aliphatic rings. The smallest absolute Gasteiger partial charge is 0.305 e. The van der Waals surface area contributed by atoms with E-state index in [0.717, 1.165) is 116 Å². The maximum absolute atomic E-state index is 11.9. The quantitative estimate of drug-likeness (QED) is 0.0303. The molecular weight excluding hydrogens is 972 g/mol. The summed E-state index contributed by atoms with van der Waals surface area (Å²) in [6, 6.07) is 0. The van der Waals surface area contributed by atoms with Crippen LogP contribution in [0.4, 0.5) is 0 Å². The molecule has 0 bridgehead atoms. The molecule has 70 heavy (non-hydrogen) atoms. The number of rotatable bonds is 25. The minimum absolute atomic E-state index is 0.0119. The summed E-state index contributed by atoms with van der Waals surface area (Å²) in [4.78, 5) is 34.6. The molecular formula is C53H100Cl2O13Si2. The summed E-state index contributed by atoms with van der Waals surface area (Å²) in [5.74, 6) is 0.213. The lowest BCUT2D eigenvalue weighted by Crippen LogP contribution is -2.44. The zero-order chi connectivity index (χ0) is 52.5. The molecule has 17 heteroatoms. The molecule has 2 heterocycles. The molecule has 4 rings (SSSR count). The highest BCUT2D eigenvalue weighted by atomic mass is 35.5. The monoisotopic (exact) mass is 1070 g/mol. The SMILES string of the molecule is COC(=O)CCCCCC[C@@H]1[C@@H](CO[Si](C)(C)C(C)(C)C)[C@H](OC2CCCCO2)C[C@@H]1OC(C)=O.COC(=O)CCCCCC[C@H]1C(O)C[C@@H](OC2CCCCO2)[C@@H]1CO[Si](C)(C)C(C)(C)C.ClCCl. The molecule has 0 amide bonds. The Labute approximate surface area is 437 Å². The number of hydrogen-bond donors (Lipinski definition) is 1. The Morgan fingerprint density at radius 1 is 0.586 bits per heavy atom. The Morgan fingerprint density at radius 2 is 0.986 bits per heavy atom. The van der Waals surface area contributed by atoms with Crippen molar-refractivity contribution in [2.24, 2.45) is 23.7 Å². The molecule has 0 aromatic carbocycles. The van der Waals surface area contributed by atoms with Gasteiger partial charge in [0.25, 0.3) is 0 Å². The van der Waals surface area contributed by atoms with Crippen molar-refractivity contribution in [1.82, 2.24) is 0 Å². The number of alkyl halides is 2. The molecule has 0 radical (unpaired) electrons. The van der Waals surface area contributed by atoms with E-state index in [4.69, 9.17) is 65.2 Å². The van der Waals surface area contributed by atoms with Gasteiger partial charge in [-0.15, -0.1) is 23.2 Å². The van der Waals surface area contributed by atoms with Gasteiger partial charge >= 0.3 is 17.9 Å². The minimum atomic E-state index is -1.94. The van der Waals surface area contributed by atoms with Crippen LogP contribution in [0.25, 0.3) is 0 Å². The lowest BCUT2D eigenvalue weighted by atomic mass is 9.89. The molecule has 0 aromatic heterocycles. The van der Waals surface area contributed by atoms with Gasteiger partial charge in [-0.25, -0.2) is 0 Å². The molecule has 2 saturated heterocycles. The van der Waals surface area contributed by atoms with Gasteiger partial charge in [0, 0.05) is 76.8 Å². The maximum atomic E-state index is 11.9. The highest BCUT2D eigenvalue weighted by Gasteiger charge is 2.49. The molecule has 13 nitrogen and oxygen atoms in total. The highest BCUT2D eigenvalue weighted by molar-refractivity contribution is 6.74. The van der Waals surface area contributed by atoms with E-state index in [1.165, 1.54) is 21.1 Å². The molecule has 2 aliphatic carbocycles. The van der Waals surface area contributed by atoms with Crippen molar-refractivity contribution in [1.29, 1.82) is 0 Å². The first-order valence-corrected chi connectivity index (χ1v) is 33.7. The van der Waals surface area contributed by atoms with Gasteiger partial charge in [-0.3, -0.25) is 14.4 Å². The van der Waals surface area contributed by atoms with Gasteiger partial charge in [0.1, 0.15) is 6.10 Å². The van der Waals surface area contributed by atoms with Gasteiger partial charge in [-0.05, 0) is 106 Å². The van der Waals surface area contributed by atoms with E-state index in [1.54, 1.807) is 0 Å². The van der Waals surface area contributed by atoms with E-state index in [1.807, 2.05) is 0 Å². The third kappa shape index (κ3) is 23.8. The molecule has 0 aromatic rings. The first-order chi connectivity index (χ1) is 32.9. The van der Waals surface area contributed by atoms with Crippen LogP contribution < -0.4 is 0 Å². The first kappa shape index (κ1) is 65.3. The van der Waals surface area contributed by atoms with Crippen LogP contribution in [0.1, 0.15) is 177 Å². The third-order valence-electron chi connectivity index (χ3n) is 15.9. The highest BCUT2D eigenvalue weighted by Crippen LogP contribution is 2.45. The van der Waals surface area contributed by atoms with Crippen LogP contribution in [0.2, 0.25) is 36.3 Å². The maximum Gasteiger partial charge on any atom is 0.305 e. The summed E-state index contributed by atoms with van der Waals surface area (Å²) >= 11 is 9.53. The third-order valence-corrected chi connectivity index (χ3v) is 24.9. The summed E-state index contributed by atoms with van der Waals surface area (Å²) in [5.41, 5.74) is 0. The fourth-order valence-electron chi connectivity index (χ4n) is 9.49.